The zero-order chi connectivity index (χ0) is 22.0. The number of esters is 1. The van der Waals surface area contributed by atoms with E-state index in [2.05, 4.69) is 0 Å². The van der Waals surface area contributed by atoms with Crippen LogP contribution in [-0.4, -0.2) is 52.0 Å². The molecule has 4 N–H and O–H groups in total. The number of carbonyl (C=O) groups excluding carboxylic acids is 3. The van der Waals surface area contributed by atoms with Crippen molar-refractivity contribution in [3.05, 3.63) is 39.4 Å². The Kier molecular flexibility index (Phi) is 5.77. The summed E-state index contributed by atoms with van der Waals surface area (Å²) < 4.78 is 10.0. The molecule has 0 aromatic heterocycles. The fraction of sp³-hybridized carbons (Fsp3) is 0.158. The summed E-state index contributed by atoms with van der Waals surface area (Å²) in [6.45, 7) is 2.55. The van der Waals surface area contributed by atoms with E-state index < -0.39 is 51.6 Å². The largest absolute Gasteiger partial charge is 0.506 e. The minimum absolute atomic E-state index is 0.00547. The average Bonchev–Trinajstić information content (AvgIpc) is 2.64. The van der Waals surface area contributed by atoms with Crippen molar-refractivity contribution < 1.29 is 49.1 Å². The molecule has 29 heavy (non-hydrogen) atoms. The lowest BCUT2D eigenvalue weighted by atomic mass is 10.00. The summed E-state index contributed by atoms with van der Waals surface area (Å²) in [6, 6.07) is 1.29. The lowest BCUT2D eigenvalue weighted by molar-refractivity contribution is 0.0679. The van der Waals surface area contributed by atoms with E-state index >= 15 is 0 Å². The van der Waals surface area contributed by atoms with Crippen LogP contribution in [0.15, 0.2) is 6.07 Å². The summed E-state index contributed by atoms with van der Waals surface area (Å²) in [6.07, 6.45) is 0.259. The number of hydrogen-bond donors (Lipinski definition) is 4. The topological polar surface area (TPSA) is 168 Å². The molecule has 0 aliphatic rings. The van der Waals surface area contributed by atoms with Gasteiger partial charge in [-0.25, -0.2) is 9.59 Å². The zero-order valence-corrected chi connectivity index (χ0v) is 15.5. The van der Waals surface area contributed by atoms with Crippen LogP contribution < -0.4 is 9.47 Å². The highest BCUT2D eigenvalue weighted by molar-refractivity contribution is 6.03. The maximum absolute atomic E-state index is 12.6. The Morgan fingerprint density at radius 2 is 1.48 bits per heavy atom. The Labute approximate surface area is 163 Å². The Balaban J connectivity index is 2.69. The van der Waals surface area contributed by atoms with Crippen LogP contribution >= 0.6 is 0 Å². The molecule has 0 radical (unpaired) electrons. The van der Waals surface area contributed by atoms with Crippen molar-refractivity contribution in [2.75, 3.05) is 7.11 Å². The molecule has 0 saturated carbocycles. The number of carbonyl (C=O) groups is 4. The van der Waals surface area contributed by atoms with Crippen molar-refractivity contribution in [1.82, 2.24) is 0 Å². The van der Waals surface area contributed by atoms with Gasteiger partial charge in [-0.3, -0.25) is 9.59 Å². The van der Waals surface area contributed by atoms with Crippen molar-refractivity contribution in [1.29, 1.82) is 0 Å². The van der Waals surface area contributed by atoms with Crippen molar-refractivity contribution in [3.63, 3.8) is 0 Å². The number of carboxylic acids is 1. The first-order valence-corrected chi connectivity index (χ1v) is 7.95. The third-order valence-electron chi connectivity index (χ3n) is 4.25. The number of phenolic OH excluding ortho intramolecular Hbond substituents is 2. The molecule has 0 amide bonds. The van der Waals surface area contributed by atoms with Crippen molar-refractivity contribution in [2.24, 2.45) is 0 Å². The van der Waals surface area contributed by atoms with Crippen LogP contribution in [0, 0.1) is 13.8 Å². The number of aryl methyl sites for hydroxylation is 1. The van der Waals surface area contributed by atoms with Crippen LogP contribution in [-0.2, 0) is 0 Å². The second-order valence-electron chi connectivity index (χ2n) is 5.90. The van der Waals surface area contributed by atoms with Gasteiger partial charge in [-0.1, -0.05) is 0 Å². The van der Waals surface area contributed by atoms with Crippen molar-refractivity contribution in [2.45, 2.75) is 13.8 Å². The van der Waals surface area contributed by atoms with Gasteiger partial charge in [0.1, 0.15) is 33.9 Å². The molecule has 2 aromatic rings. The van der Waals surface area contributed by atoms with E-state index in [-0.39, 0.29) is 35.0 Å². The normalized spacial score (nSPS) is 10.3. The summed E-state index contributed by atoms with van der Waals surface area (Å²) in [5.74, 6) is -6.27. The average molecular weight is 404 g/mol. The molecule has 0 atom stereocenters. The van der Waals surface area contributed by atoms with Crippen molar-refractivity contribution >= 4 is 24.5 Å². The first kappa shape index (κ1) is 21.2. The Hall–Kier alpha value is -4.08. The van der Waals surface area contributed by atoms with Gasteiger partial charge < -0.3 is 29.9 Å². The molecule has 0 heterocycles. The molecular weight excluding hydrogens is 388 g/mol. The highest BCUT2D eigenvalue weighted by Gasteiger charge is 2.29. The van der Waals surface area contributed by atoms with Gasteiger partial charge in [0.15, 0.2) is 24.1 Å². The minimum Gasteiger partial charge on any atom is -0.506 e. The molecule has 0 saturated heterocycles. The fourth-order valence-electron chi connectivity index (χ4n) is 2.80. The van der Waals surface area contributed by atoms with Crippen LogP contribution in [0.5, 0.6) is 28.7 Å². The third kappa shape index (κ3) is 3.43. The highest BCUT2D eigenvalue weighted by atomic mass is 16.5. The Bertz CT molecular complexity index is 1050. The van der Waals surface area contributed by atoms with Crippen LogP contribution in [0.1, 0.15) is 52.6 Å². The maximum atomic E-state index is 12.6. The van der Waals surface area contributed by atoms with Crippen LogP contribution in [0.25, 0.3) is 0 Å². The molecule has 0 aliphatic carbocycles. The number of phenols is 3. The SMILES string of the molecule is COc1cc(C)c(C(=O)Oc2c(C)c(C(=O)O)c(O)c(C=O)c2O)c(O)c1C=O. The molecule has 10 nitrogen and oxygen atoms in total. The number of rotatable bonds is 6. The number of hydrogen-bond acceptors (Lipinski definition) is 9. The van der Waals surface area contributed by atoms with Gasteiger partial charge in [0.25, 0.3) is 0 Å². The number of aromatic carboxylic acids is 1. The van der Waals surface area contributed by atoms with Gasteiger partial charge in [0.05, 0.1) is 12.7 Å². The highest BCUT2D eigenvalue weighted by Crippen LogP contribution is 2.43. The van der Waals surface area contributed by atoms with Gasteiger partial charge in [-0.15, -0.1) is 0 Å². The number of aldehydes is 2. The Morgan fingerprint density at radius 1 is 0.931 bits per heavy atom. The molecule has 0 fully saturated rings. The molecule has 2 aromatic carbocycles. The summed E-state index contributed by atoms with van der Waals surface area (Å²) in [5, 5.41) is 39.6. The van der Waals surface area contributed by atoms with Crippen LogP contribution in [0.4, 0.5) is 0 Å². The molecule has 2 rings (SSSR count). The lowest BCUT2D eigenvalue weighted by Crippen LogP contribution is -2.14. The molecule has 0 bridgehead atoms. The lowest BCUT2D eigenvalue weighted by Gasteiger charge is -2.17. The molecule has 0 unspecified atom stereocenters. The summed E-state index contributed by atoms with van der Waals surface area (Å²) in [5.41, 5.74) is -2.49. The van der Waals surface area contributed by atoms with E-state index in [1.165, 1.54) is 20.1 Å². The third-order valence-corrected chi connectivity index (χ3v) is 4.25. The molecule has 152 valence electrons. The van der Waals surface area contributed by atoms with Gasteiger partial charge in [-0.2, -0.15) is 0 Å². The summed E-state index contributed by atoms with van der Waals surface area (Å²) in [4.78, 5) is 46.4. The summed E-state index contributed by atoms with van der Waals surface area (Å²) in [7, 11) is 1.26. The van der Waals surface area contributed by atoms with E-state index in [1.54, 1.807) is 0 Å². The number of carboxylic acid groups (broad SMARTS) is 1. The number of benzene rings is 2. The fourth-order valence-corrected chi connectivity index (χ4v) is 2.80. The van der Waals surface area contributed by atoms with E-state index in [9.17, 15) is 39.6 Å². The van der Waals surface area contributed by atoms with Crippen LogP contribution in [0.2, 0.25) is 0 Å². The first-order chi connectivity index (χ1) is 13.6. The number of ether oxygens (including phenoxy) is 2. The molecule has 0 aliphatic heterocycles. The van der Waals surface area contributed by atoms with E-state index in [4.69, 9.17) is 9.47 Å². The van der Waals surface area contributed by atoms with Gasteiger partial charge in [0, 0.05) is 5.56 Å². The summed E-state index contributed by atoms with van der Waals surface area (Å²) >= 11 is 0. The number of methoxy groups -OCH3 is 1. The monoisotopic (exact) mass is 404 g/mol. The van der Waals surface area contributed by atoms with Crippen LogP contribution in [0.3, 0.4) is 0 Å². The first-order valence-electron chi connectivity index (χ1n) is 7.95. The van der Waals surface area contributed by atoms with E-state index in [1.807, 2.05) is 0 Å². The number of aromatic hydroxyl groups is 3. The van der Waals surface area contributed by atoms with E-state index in [0.717, 1.165) is 6.92 Å². The smallest absolute Gasteiger partial charge is 0.347 e. The second-order valence-corrected chi connectivity index (χ2v) is 5.90. The van der Waals surface area contributed by atoms with Gasteiger partial charge in [-0.05, 0) is 25.5 Å². The molecule has 10 heteroatoms. The zero-order valence-electron chi connectivity index (χ0n) is 15.5. The van der Waals surface area contributed by atoms with E-state index in [0.29, 0.717) is 0 Å². The quantitative estimate of drug-likeness (QED) is 0.317. The van der Waals surface area contributed by atoms with Gasteiger partial charge >= 0.3 is 11.9 Å². The van der Waals surface area contributed by atoms with Gasteiger partial charge in [0.2, 0.25) is 0 Å². The predicted molar refractivity (Wildman–Crippen MR) is 96.6 cm³/mol. The predicted octanol–water partition coefficient (Wildman–Crippen LogP) is 1.97. The molecular formula is C19H16O10. The maximum Gasteiger partial charge on any atom is 0.347 e. The van der Waals surface area contributed by atoms with Crippen molar-refractivity contribution in [3.8, 4) is 28.7 Å². The molecule has 0 spiro atoms. The Morgan fingerprint density at radius 3 is 1.97 bits per heavy atom. The minimum atomic E-state index is -1.63. The standard InChI is InChI=1S/C19H16O10/c1-7-4-11(28-3)9(5-20)14(22)12(7)19(27)29-17-8(2)13(18(25)26)15(23)10(6-21)16(17)24/h4-6,22-24H,1-3H3,(H,25,26). The second kappa shape index (κ2) is 7.89.